The third-order valence-corrected chi connectivity index (χ3v) is 3.64. The number of aromatic amines is 1. The molecule has 6 heteroatoms. The van der Waals surface area contributed by atoms with Gasteiger partial charge >= 0.3 is 0 Å². The molecule has 3 nitrogen and oxygen atoms in total. The Morgan fingerprint density at radius 2 is 2.38 bits per heavy atom. The third kappa shape index (κ3) is 1.53. The van der Waals surface area contributed by atoms with E-state index in [4.69, 9.17) is 12.2 Å². The monoisotopic (exact) mass is 311 g/mol. The molecule has 0 aromatic carbocycles. The summed E-state index contributed by atoms with van der Waals surface area (Å²) in [5, 5.41) is 4.07. The molecule has 0 unspecified atom stereocenters. The largest absolute Gasteiger partial charge is 0.329 e. The second-order valence-corrected chi connectivity index (χ2v) is 5.35. The summed E-state index contributed by atoms with van der Waals surface area (Å²) in [5.74, 6) is 0. The van der Waals surface area contributed by atoms with Crippen LogP contribution >= 0.6 is 39.5 Å². The smallest absolute Gasteiger partial charge is 0.184 e. The highest BCUT2D eigenvalue weighted by Crippen LogP contribution is 2.21. The second kappa shape index (κ2) is 3.80. The molecule has 0 fully saturated rings. The Bertz CT molecular complexity index is 696. The number of aromatic nitrogens is 3. The van der Waals surface area contributed by atoms with Crippen LogP contribution in [0.2, 0.25) is 0 Å². The molecule has 1 N–H and O–H groups in total. The number of nitrogens with one attached hydrogen (secondary N) is 1. The van der Waals surface area contributed by atoms with Gasteiger partial charge in [-0.25, -0.2) is 4.98 Å². The minimum absolute atomic E-state index is 0.666. The molecule has 3 heterocycles. The molecule has 0 aliphatic rings. The van der Waals surface area contributed by atoms with E-state index in [9.17, 15) is 0 Å². The van der Waals surface area contributed by atoms with E-state index >= 15 is 0 Å². The van der Waals surface area contributed by atoms with Crippen molar-refractivity contribution in [3.05, 3.63) is 38.3 Å². The first-order valence-corrected chi connectivity index (χ1v) is 6.69. The van der Waals surface area contributed by atoms with Crippen LogP contribution in [0.1, 0.15) is 0 Å². The van der Waals surface area contributed by atoms with Crippen molar-refractivity contribution in [2.24, 2.45) is 0 Å². The predicted octanol–water partition coefficient (Wildman–Crippen LogP) is 3.91. The Kier molecular flexibility index (Phi) is 2.42. The fraction of sp³-hybridized carbons (Fsp3) is 0. The Hall–Kier alpha value is -0.980. The lowest BCUT2D eigenvalue weighted by Crippen LogP contribution is -1.92. The van der Waals surface area contributed by atoms with E-state index in [2.05, 4.69) is 25.9 Å². The second-order valence-electron chi connectivity index (χ2n) is 3.27. The molecule has 80 valence electrons. The van der Waals surface area contributed by atoms with Gasteiger partial charge in [-0.3, -0.25) is 4.57 Å². The van der Waals surface area contributed by atoms with Gasteiger partial charge in [0.2, 0.25) is 0 Å². The molecule has 0 bridgehead atoms. The van der Waals surface area contributed by atoms with Gasteiger partial charge in [-0.05, 0) is 45.7 Å². The Morgan fingerprint density at radius 1 is 1.50 bits per heavy atom. The molecular weight excluding hydrogens is 306 g/mol. The van der Waals surface area contributed by atoms with Crippen molar-refractivity contribution in [2.45, 2.75) is 0 Å². The molecule has 0 radical (unpaired) electrons. The van der Waals surface area contributed by atoms with Crippen LogP contribution in [-0.4, -0.2) is 14.5 Å². The lowest BCUT2D eigenvalue weighted by atomic mass is 10.4. The molecule has 0 aliphatic carbocycles. The lowest BCUT2D eigenvalue weighted by Gasteiger charge is -1.99. The van der Waals surface area contributed by atoms with Crippen molar-refractivity contribution < 1.29 is 0 Å². The number of imidazole rings is 1. The number of pyridine rings is 1. The highest BCUT2D eigenvalue weighted by Gasteiger charge is 2.08. The number of hydrogen-bond acceptors (Lipinski definition) is 3. The SMILES string of the molecule is S=c1[nH]c2cc(Br)cnc2n1-c1ccsc1. The number of H-pyrrole nitrogens is 1. The molecule has 0 spiro atoms. The van der Waals surface area contributed by atoms with Gasteiger partial charge in [-0.15, -0.1) is 0 Å². The minimum atomic E-state index is 0.666. The summed E-state index contributed by atoms with van der Waals surface area (Å²) in [7, 11) is 0. The maximum Gasteiger partial charge on any atom is 0.184 e. The zero-order valence-corrected chi connectivity index (χ0v) is 11.2. The molecule has 3 rings (SSSR count). The Morgan fingerprint density at radius 3 is 3.12 bits per heavy atom. The average Bonchev–Trinajstić information content (AvgIpc) is 2.83. The van der Waals surface area contributed by atoms with Crippen LogP contribution < -0.4 is 0 Å². The summed E-state index contributed by atoms with van der Waals surface area (Å²) in [6, 6.07) is 4.00. The van der Waals surface area contributed by atoms with E-state index in [0.29, 0.717) is 4.77 Å². The van der Waals surface area contributed by atoms with E-state index in [1.807, 2.05) is 27.5 Å². The van der Waals surface area contributed by atoms with Crippen LogP contribution in [-0.2, 0) is 0 Å². The van der Waals surface area contributed by atoms with E-state index in [1.165, 1.54) is 0 Å². The van der Waals surface area contributed by atoms with Crippen LogP contribution in [0.4, 0.5) is 0 Å². The molecule has 0 atom stereocenters. The zero-order chi connectivity index (χ0) is 11.1. The minimum Gasteiger partial charge on any atom is -0.329 e. The summed E-state index contributed by atoms with van der Waals surface area (Å²) in [6.45, 7) is 0. The van der Waals surface area contributed by atoms with E-state index in [1.54, 1.807) is 17.5 Å². The van der Waals surface area contributed by atoms with Crippen molar-refractivity contribution >= 4 is 50.6 Å². The van der Waals surface area contributed by atoms with Crippen molar-refractivity contribution in [2.75, 3.05) is 0 Å². The first-order chi connectivity index (χ1) is 7.75. The van der Waals surface area contributed by atoms with E-state index in [-0.39, 0.29) is 0 Å². The van der Waals surface area contributed by atoms with Gasteiger partial charge in [-0.1, -0.05) is 0 Å². The number of rotatable bonds is 1. The highest BCUT2D eigenvalue weighted by molar-refractivity contribution is 9.10. The zero-order valence-electron chi connectivity index (χ0n) is 7.98. The molecule has 16 heavy (non-hydrogen) atoms. The van der Waals surface area contributed by atoms with Crippen molar-refractivity contribution in [3.8, 4) is 5.69 Å². The molecule has 0 aliphatic heterocycles. The fourth-order valence-corrected chi connectivity index (χ4v) is 2.85. The fourth-order valence-electron chi connectivity index (χ4n) is 1.59. The van der Waals surface area contributed by atoms with Crippen LogP contribution in [0.5, 0.6) is 0 Å². The van der Waals surface area contributed by atoms with Gasteiger partial charge in [0.15, 0.2) is 10.4 Å². The topological polar surface area (TPSA) is 33.6 Å². The van der Waals surface area contributed by atoms with Crippen LogP contribution in [0.15, 0.2) is 33.6 Å². The Labute approximate surface area is 109 Å². The predicted molar refractivity (Wildman–Crippen MR) is 71.8 cm³/mol. The van der Waals surface area contributed by atoms with Gasteiger partial charge in [0, 0.05) is 16.0 Å². The molecule has 0 saturated heterocycles. The number of fused-ring (bicyclic) bond motifs is 1. The van der Waals surface area contributed by atoms with Crippen LogP contribution in [0.3, 0.4) is 0 Å². The molecular formula is C10H6BrN3S2. The van der Waals surface area contributed by atoms with E-state index < -0.39 is 0 Å². The third-order valence-electron chi connectivity index (χ3n) is 2.25. The van der Waals surface area contributed by atoms with Crippen LogP contribution in [0, 0.1) is 4.77 Å². The van der Waals surface area contributed by atoms with Gasteiger partial charge in [-0.2, -0.15) is 11.3 Å². The number of thiophene rings is 1. The highest BCUT2D eigenvalue weighted by atomic mass is 79.9. The average molecular weight is 312 g/mol. The van der Waals surface area contributed by atoms with Gasteiger partial charge < -0.3 is 4.98 Å². The van der Waals surface area contributed by atoms with Crippen LogP contribution in [0.25, 0.3) is 16.9 Å². The lowest BCUT2D eigenvalue weighted by molar-refractivity contribution is 1.05. The normalized spacial score (nSPS) is 11.1. The Balaban J connectivity index is 2.41. The number of nitrogens with zero attached hydrogens (tertiary/aromatic N) is 2. The molecule has 0 amide bonds. The summed E-state index contributed by atoms with van der Waals surface area (Å²) in [4.78, 5) is 7.53. The van der Waals surface area contributed by atoms with Crippen molar-refractivity contribution in [1.29, 1.82) is 0 Å². The molecule has 3 aromatic rings. The maximum absolute atomic E-state index is 5.30. The quantitative estimate of drug-likeness (QED) is 0.691. The van der Waals surface area contributed by atoms with Gasteiger partial charge in [0.05, 0.1) is 11.2 Å². The van der Waals surface area contributed by atoms with Gasteiger partial charge in [0.1, 0.15) is 0 Å². The molecule has 0 saturated carbocycles. The van der Waals surface area contributed by atoms with Crippen molar-refractivity contribution in [1.82, 2.24) is 14.5 Å². The first-order valence-electron chi connectivity index (χ1n) is 4.54. The first kappa shape index (κ1) is 10.2. The molecule has 3 aromatic heterocycles. The summed E-state index contributed by atoms with van der Waals surface area (Å²) < 4.78 is 3.54. The summed E-state index contributed by atoms with van der Waals surface area (Å²) >= 11 is 10.3. The van der Waals surface area contributed by atoms with E-state index in [0.717, 1.165) is 21.3 Å². The maximum atomic E-state index is 5.30. The number of halogens is 1. The summed E-state index contributed by atoms with van der Waals surface area (Å²) in [6.07, 6.45) is 1.77. The van der Waals surface area contributed by atoms with Crippen molar-refractivity contribution in [3.63, 3.8) is 0 Å². The summed E-state index contributed by atoms with van der Waals surface area (Å²) in [5.41, 5.74) is 2.84. The standard InChI is InChI=1S/C10H6BrN3S2/c11-6-3-8-9(12-4-6)14(10(15)13-8)7-1-2-16-5-7/h1-5H,(H,13,15). The van der Waals surface area contributed by atoms with Gasteiger partial charge in [0.25, 0.3) is 0 Å². The number of hydrogen-bond donors (Lipinski definition) is 1.